The summed E-state index contributed by atoms with van der Waals surface area (Å²) < 4.78 is 10.9. The van der Waals surface area contributed by atoms with E-state index in [1.807, 2.05) is 50.5 Å². The van der Waals surface area contributed by atoms with Crippen LogP contribution >= 0.6 is 9.03 Å². The first-order valence-corrected chi connectivity index (χ1v) is 6.87. The van der Waals surface area contributed by atoms with Crippen LogP contribution in [0.15, 0.2) is 36.7 Å². The molecule has 2 aromatic rings. The van der Waals surface area contributed by atoms with Gasteiger partial charge in [0.05, 0.1) is 13.2 Å². The summed E-state index contributed by atoms with van der Waals surface area (Å²) in [5.41, 5.74) is 4.13. The molecule has 0 aliphatic carbocycles. The number of hydrogen-bond donors (Lipinski definition) is 0. The van der Waals surface area contributed by atoms with E-state index in [0.29, 0.717) is 13.2 Å². The van der Waals surface area contributed by atoms with Crippen LogP contribution in [0.4, 0.5) is 0 Å². The van der Waals surface area contributed by atoms with Crippen molar-refractivity contribution in [1.29, 1.82) is 0 Å². The minimum absolute atomic E-state index is 0.0223. The van der Waals surface area contributed by atoms with E-state index in [0.717, 1.165) is 22.5 Å². The fraction of sp³-hybridized carbons (Fsp3) is 0.286. The van der Waals surface area contributed by atoms with Crippen molar-refractivity contribution in [2.75, 3.05) is 0 Å². The molecule has 2 aromatic heterocycles. The van der Waals surface area contributed by atoms with Gasteiger partial charge in [-0.05, 0) is 37.1 Å². The highest BCUT2D eigenvalue weighted by molar-refractivity contribution is 7.26. The quantitative estimate of drug-likeness (QED) is 0.599. The van der Waals surface area contributed by atoms with Crippen LogP contribution in [0.3, 0.4) is 0 Å². The van der Waals surface area contributed by atoms with Gasteiger partial charge in [-0.2, -0.15) is 0 Å². The van der Waals surface area contributed by atoms with Crippen LogP contribution < -0.4 is 0 Å². The lowest BCUT2D eigenvalue weighted by molar-refractivity contribution is 0.253. The Labute approximate surface area is 115 Å². The molecule has 0 N–H and O–H groups in total. The average molecular weight is 276 g/mol. The maximum atomic E-state index is 5.45. The van der Waals surface area contributed by atoms with Gasteiger partial charge in [0.25, 0.3) is 0 Å². The van der Waals surface area contributed by atoms with Crippen molar-refractivity contribution in [2.45, 2.75) is 27.1 Å². The van der Waals surface area contributed by atoms with Crippen molar-refractivity contribution >= 4 is 9.03 Å². The van der Waals surface area contributed by atoms with Gasteiger partial charge in [0, 0.05) is 23.8 Å². The molecule has 0 radical (unpaired) electrons. The number of aryl methyl sites for hydroxylation is 2. The van der Waals surface area contributed by atoms with Crippen molar-refractivity contribution in [3.05, 3.63) is 59.2 Å². The predicted molar refractivity (Wildman–Crippen MR) is 75.8 cm³/mol. The molecule has 100 valence electrons. The minimum atomic E-state index is 0.0223. The predicted octanol–water partition coefficient (Wildman–Crippen LogP) is 3.34. The zero-order valence-corrected chi connectivity index (χ0v) is 12.1. The summed E-state index contributed by atoms with van der Waals surface area (Å²) in [5, 5.41) is 0. The number of nitrogens with zero attached hydrogens (tertiary/aromatic N) is 2. The Hall–Kier alpha value is -1.35. The van der Waals surface area contributed by atoms with Gasteiger partial charge in [-0.3, -0.25) is 9.97 Å². The Morgan fingerprint density at radius 3 is 1.68 bits per heavy atom. The molecule has 0 bridgehead atoms. The molecule has 4 nitrogen and oxygen atoms in total. The first-order chi connectivity index (χ1) is 9.24. The Morgan fingerprint density at radius 2 is 1.32 bits per heavy atom. The molecule has 0 aromatic carbocycles. The van der Waals surface area contributed by atoms with Crippen LogP contribution in [0.1, 0.15) is 22.5 Å². The van der Waals surface area contributed by atoms with Gasteiger partial charge in [-0.15, -0.1) is 0 Å². The van der Waals surface area contributed by atoms with Gasteiger partial charge < -0.3 is 9.05 Å². The Bertz CT molecular complexity index is 452. The van der Waals surface area contributed by atoms with Gasteiger partial charge in [-0.1, -0.05) is 12.1 Å². The number of pyridine rings is 2. The first kappa shape index (κ1) is 14.1. The summed E-state index contributed by atoms with van der Waals surface area (Å²) in [6.07, 6.45) is 3.65. The molecule has 0 aliphatic heterocycles. The third kappa shape index (κ3) is 5.03. The largest absolute Gasteiger partial charge is 0.331 e. The third-order valence-electron chi connectivity index (χ3n) is 2.54. The van der Waals surface area contributed by atoms with Crippen molar-refractivity contribution in [1.82, 2.24) is 9.97 Å². The molecule has 2 heterocycles. The second-order valence-corrected chi connectivity index (χ2v) is 5.02. The summed E-state index contributed by atoms with van der Waals surface area (Å²) >= 11 is 0. The Balaban J connectivity index is 1.64. The normalized spacial score (nSPS) is 10.6. The van der Waals surface area contributed by atoms with E-state index < -0.39 is 0 Å². The van der Waals surface area contributed by atoms with Crippen molar-refractivity contribution < 1.29 is 9.05 Å². The molecule has 0 spiro atoms. The van der Waals surface area contributed by atoms with Crippen molar-refractivity contribution in [3.63, 3.8) is 0 Å². The molecule has 0 fully saturated rings. The van der Waals surface area contributed by atoms with Gasteiger partial charge in [0.15, 0.2) is 9.03 Å². The van der Waals surface area contributed by atoms with Crippen LogP contribution in [-0.2, 0) is 22.3 Å². The van der Waals surface area contributed by atoms with E-state index in [2.05, 4.69) is 9.97 Å². The van der Waals surface area contributed by atoms with Gasteiger partial charge >= 0.3 is 0 Å². The summed E-state index contributed by atoms with van der Waals surface area (Å²) in [5.74, 6) is 0. The van der Waals surface area contributed by atoms with Gasteiger partial charge in [0.1, 0.15) is 0 Å². The summed E-state index contributed by atoms with van der Waals surface area (Å²) in [4.78, 5) is 8.42. The molecule has 2 rings (SSSR count). The Morgan fingerprint density at radius 1 is 0.842 bits per heavy atom. The average Bonchev–Trinajstić information content (AvgIpc) is 2.43. The van der Waals surface area contributed by atoms with E-state index in [1.54, 1.807) is 0 Å². The molecule has 5 heteroatoms. The van der Waals surface area contributed by atoms with Crippen LogP contribution in [0.5, 0.6) is 0 Å². The van der Waals surface area contributed by atoms with E-state index in [9.17, 15) is 0 Å². The zero-order chi connectivity index (χ0) is 13.5. The van der Waals surface area contributed by atoms with E-state index in [4.69, 9.17) is 9.05 Å². The molecule has 0 saturated heterocycles. The van der Waals surface area contributed by atoms with Crippen LogP contribution in [0, 0.1) is 13.8 Å². The molecule has 0 amide bonds. The summed E-state index contributed by atoms with van der Waals surface area (Å²) in [6.45, 7) is 4.98. The van der Waals surface area contributed by atoms with E-state index in [1.165, 1.54) is 0 Å². The van der Waals surface area contributed by atoms with Crippen molar-refractivity contribution in [3.8, 4) is 0 Å². The fourth-order valence-corrected chi connectivity index (χ4v) is 1.97. The lowest BCUT2D eigenvalue weighted by atomic mass is 10.3. The first-order valence-electron chi connectivity index (χ1n) is 6.06. The molecule has 19 heavy (non-hydrogen) atoms. The molecule has 0 unspecified atom stereocenters. The highest BCUT2D eigenvalue weighted by Crippen LogP contribution is 2.19. The van der Waals surface area contributed by atoms with Crippen LogP contribution in [0.25, 0.3) is 0 Å². The van der Waals surface area contributed by atoms with Crippen molar-refractivity contribution in [2.24, 2.45) is 0 Å². The third-order valence-corrected chi connectivity index (χ3v) is 3.07. The fourth-order valence-electron chi connectivity index (χ4n) is 1.43. The highest BCUT2D eigenvalue weighted by Gasteiger charge is 1.96. The lowest BCUT2D eigenvalue weighted by Gasteiger charge is -2.05. The molecule has 0 aliphatic rings. The number of aromatic nitrogens is 2. The maximum Gasteiger partial charge on any atom is 0.155 e. The Kier molecular flexibility index (Phi) is 5.40. The van der Waals surface area contributed by atoms with E-state index >= 15 is 0 Å². The minimum Gasteiger partial charge on any atom is -0.331 e. The number of hydrogen-bond acceptors (Lipinski definition) is 4. The van der Waals surface area contributed by atoms with Gasteiger partial charge in [-0.25, -0.2) is 0 Å². The smallest absolute Gasteiger partial charge is 0.155 e. The maximum absolute atomic E-state index is 5.45. The highest BCUT2D eigenvalue weighted by atomic mass is 31.1. The monoisotopic (exact) mass is 276 g/mol. The second kappa shape index (κ2) is 7.29. The zero-order valence-electron chi connectivity index (χ0n) is 11.1. The molecular formula is C14H17N2O2P. The lowest BCUT2D eigenvalue weighted by Crippen LogP contribution is -1.90. The van der Waals surface area contributed by atoms with Crippen LogP contribution in [-0.4, -0.2) is 9.97 Å². The number of rotatable bonds is 6. The van der Waals surface area contributed by atoms with E-state index in [-0.39, 0.29) is 9.03 Å². The molecular weight excluding hydrogens is 259 g/mol. The SMILES string of the molecule is Cc1ccc(COPOCc2ccc(C)nc2)cn1. The van der Waals surface area contributed by atoms with Gasteiger partial charge in [0.2, 0.25) is 0 Å². The summed E-state index contributed by atoms with van der Waals surface area (Å²) in [7, 11) is 0.0223. The standard InChI is InChI=1S/C14H17N2O2P/c1-11-3-5-13(7-15-11)9-17-19-18-10-14-6-4-12(2)16-8-14/h3-8,19H,9-10H2,1-2H3. The second-order valence-electron chi connectivity index (χ2n) is 4.28. The topological polar surface area (TPSA) is 44.2 Å². The summed E-state index contributed by atoms with van der Waals surface area (Å²) in [6, 6.07) is 7.97. The van der Waals surface area contributed by atoms with Crippen LogP contribution in [0.2, 0.25) is 0 Å². The molecule has 0 saturated carbocycles. The molecule has 0 atom stereocenters.